The summed E-state index contributed by atoms with van der Waals surface area (Å²) in [5, 5.41) is 8.94. The van der Waals surface area contributed by atoms with Gasteiger partial charge in [-0.3, -0.25) is 0 Å². The molecule has 1 N–H and O–H groups in total. The van der Waals surface area contributed by atoms with Crippen LogP contribution in [0.3, 0.4) is 0 Å². The molecule has 1 aliphatic carbocycles. The maximum atomic E-state index is 8.94. The molecule has 0 aromatic rings. The fraction of sp³-hybridized carbons (Fsp3) is 0.125. The summed E-state index contributed by atoms with van der Waals surface area (Å²) in [7, 11) is 0. The summed E-state index contributed by atoms with van der Waals surface area (Å²) in [5.41, 5.74) is 0.887. The summed E-state index contributed by atoms with van der Waals surface area (Å²) >= 11 is 0. The van der Waals surface area contributed by atoms with E-state index in [9.17, 15) is 0 Å². The van der Waals surface area contributed by atoms with Crippen LogP contribution in [0.2, 0.25) is 0 Å². The predicted molar refractivity (Wildman–Crippen MR) is 37.9 cm³/mol. The summed E-state index contributed by atoms with van der Waals surface area (Å²) in [6.07, 6.45) is 9.46. The summed E-state index contributed by atoms with van der Waals surface area (Å²) in [6, 6.07) is 0. The molecule has 0 saturated carbocycles. The largest absolute Gasteiger partial charge is 0.555 e. The number of aliphatic hydroxyl groups is 1. The molecule has 0 radical (unpaired) electrons. The smallest absolute Gasteiger partial charge is 0.0142 e. The van der Waals surface area contributed by atoms with Gasteiger partial charge in [0.25, 0.3) is 0 Å². The van der Waals surface area contributed by atoms with Crippen molar-refractivity contribution in [3.63, 3.8) is 0 Å². The zero-order chi connectivity index (χ0) is 6.69. The Labute approximate surface area is 55.0 Å². The third-order valence-electron chi connectivity index (χ3n) is 1.19. The van der Waals surface area contributed by atoms with Crippen LogP contribution in [0.25, 0.3) is 0 Å². The lowest BCUT2D eigenvalue weighted by molar-refractivity contribution is 0.410. The molecule has 0 saturated heterocycles. The van der Waals surface area contributed by atoms with Gasteiger partial charge < -0.3 is 5.11 Å². The zero-order valence-corrected chi connectivity index (χ0v) is 5.33. The predicted octanol–water partition coefficient (Wildman–Crippen LogP) is 2.15. The maximum absolute atomic E-state index is 8.94. The van der Waals surface area contributed by atoms with Crippen LogP contribution in [0.5, 0.6) is 0 Å². The first-order valence-corrected chi connectivity index (χ1v) is 2.88. The van der Waals surface area contributed by atoms with Crippen LogP contribution in [0.1, 0.15) is 6.92 Å². The molecule has 1 nitrogen and oxygen atoms in total. The molecule has 0 heterocycles. The highest BCUT2D eigenvalue weighted by atomic mass is 16.3. The van der Waals surface area contributed by atoms with Crippen LogP contribution in [-0.4, -0.2) is 5.11 Å². The van der Waals surface area contributed by atoms with Crippen LogP contribution in [0.15, 0.2) is 35.6 Å². The molecule has 0 fully saturated rings. The van der Waals surface area contributed by atoms with Crippen LogP contribution in [0.4, 0.5) is 0 Å². The van der Waals surface area contributed by atoms with Crippen LogP contribution < -0.4 is 0 Å². The van der Waals surface area contributed by atoms with Crippen molar-refractivity contribution in [2.75, 3.05) is 0 Å². The summed E-state index contributed by atoms with van der Waals surface area (Å²) in [4.78, 5) is 0. The van der Waals surface area contributed by atoms with Crippen molar-refractivity contribution >= 4 is 0 Å². The molecule has 0 aliphatic heterocycles. The molecule has 48 valence electrons. The van der Waals surface area contributed by atoms with E-state index < -0.39 is 0 Å². The minimum atomic E-state index is 0.371. The van der Waals surface area contributed by atoms with Crippen molar-refractivity contribution in [3.8, 4) is 0 Å². The van der Waals surface area contributed by atoms with Gasteiger partial charge in [0.05, 0.1) is 0 Å². The molecular formula is C8H9O-. The molecule has 1 heteroatoms. The normalized spacial score (nSPS) is 21.4. The molecule has 0 bridgehead atoms. The van der Waals surface area contributed by atoms with Gasteiger partial charge in [0.1, 0.15) is 0 Å². The van der Waals surface area contributed by atoms with Crippen molar-refractivity contribution in [2.24, 2.45) is 0 Å². The van der Waals surface area contributed by atoms with E-state index in [4.69, 9.17) is 5.11 Å². The molecule has 0 spiro atoms. The van der Waals surface area contributed by atoms with Crippen molar-refractivity contribution in [3.05, 3.63) is 42.1 Å². The Morgan fingerprint density at radius 2 is 2.33 bits per heavy atom. The number of aliphatic hydroxyl groups excluding tert-OH is 1. The molecule has 0 atom stereocenters. The lowest BCUT2D eigenvalue weighted by atomic mass is 10.1. The van der Waals surface area contributed by atoms with E-state index in [1.807, 2.05) is 30.7 Å². The second-order valence-corrected chi connectivity index (χ2v) is 1.95. The lowest BCUT2D eigenvalue weighted by Gasteiger charge is -2.10. The first kappa shape index (κ1) is 6.02. The highest BCUT2D eigenvalue weighted by Gasteiger charge is 1.86. The molecular weight excluding hydrogens is 112 g/mol. The Bertz CT molecular complexity index is 181. The molecule has 0 aromatic heterocycles. The van der Waals surface area contributed by atoms with Crippen molar-refractivity contribution in [1.82, 2.24) is 0 Å². The lowest BCUT2D eigenvalue weighted by Crippen LogP contribution is -1.86. The molecule has 0 unspecified atom stereocenters. The Balaban J connectivity index is 2.78. The topological polar surface area (TPSA) is 20.2 Å². The fourth-order valence-corrected chi connectivity index (χ4v) is 0.679. The van der Waals surface area contributed by atoms with Gasteiger partial charge in [0, 0.05) is 5.76 Å². The monoisotopic (exact) mass is 121 g/mol. The van der Waals surface area contributed by atoms with Gasteiger partial charge in [0.2, 0.25) is 0 Å². The van der Waals surface area contributed by atoms with Gasteiger partial charge in [0.15, 0.2) is 0 Å². The average Bonchev–Trinajstić information content (AvgIpc) is 1.90. The standard InChI is InChI=1S/C8H9O/c1-7(9)8-5-3-2-4-6-8/h2-6,9H,1H3/q-1. The summed E-state index contributed by atoms with van der Waals surface area (Å²) in [5.74, 6) is 0.371. The maximum Gasteiger partial charge on any atom is 0.0142 e. The number of hydrogen-bond acceptors (Lipinski definition) is 1. The summed E-state index contributed by atoms with van der Waals surface area (Å²) < 4.78 is 0. The number of allylic oxidation sites excluding steroid dienone is 6. The van der Waals surface area contributed by atoms with Gasteiger partial charge in [-0.1, -0.05) is 0 Å². The third kappa shape index (κ3) is 1.39. The Kier molecular flexibility index (Phi) is 1.63. The highest BCUT2D eigenvalue weighted by Crippen LogP contribution is 2.11. The Morgan fingerprint density at radius 1 is 1.56 bits per heavy atom. The molecule has 1 rings (SSSR count). The van der Waals surface area contributed by atoms with Crippen molar-refractivity contribution in [2.45, 2.75) is 6.92 Å². The van der Waals surface area contributed by atoms with E-state index in [0.29, 0.717) is 5.76 Å². The second kappa shape index (κ2) is 2.44. The van der Waals surface area contributed by atoms with Crippen LogP contribution in [-0.2, 0) is 0 Å². The Hall–Kier alpha value is -1.11. The van der Waals surface area contributed by atoms with Gasteiger partial charge >= 0.3 is 0 Å². The summed E-state index contributed by atoms with van der Waals surface area (Å²) in [6.45, 7) is 1.68. The second-order valence-electron chi connectivity index (χ2n) is 1.95. The number of hydrogen-bond donors (Lipinski definition) is 1. The van der Waals surface area contributed by atoms with E-state index in [2.05, 4.69) is 0 Å². The van der Waals surface area contributed by atoms with E-state index in [1.165, 1.54) is 0 Å². The van der Waals surface area contributed by atoms with Gasteiger partial charge in [-0.25, -0.2) is 0 Å². The Morgan fingerprint density at radius 3 is 2.67 bits per heavy atom. The zero-order valence-electron chi connectivity index (χ0n) is 5.33. The van der Waals surface area contributed by atoms with Crippen LogP contribution >= 0.6 is 0 Å². The van der Waals surface area contributed by atoms with Crippen molar-refractivity contribution < 1.29 is 5.11 Å². The fourth-order valence-electron chi connectivity index (χ4n) is 0.679. The quantitative estimate of drug-likeness (QED) is 0.384. The van der Waals surface area contributed by atoms with Gasteiger partial charge in [-0.2, -0.15) is 0 Å². The highest BCUT2D eigenvalue weighted by molar-refractivity contribution is 5.39. The minimum absolute atomic E-state index is 0.371. The van der Waals surface area contributed by atoms with Gasteiger partial charge in [-0.05, 0) is 6.92 Å². The molecule has 1 aliphatic rings. The third-order valence-corrected chi connectivity index (χ3v) is 1.19. The van der Waals surface area contributed by atoms with Crippen LogP contribution in [0, 0.1) is 6.42 Å². The average molecular weight is 121 g/mol. The van der Waals surface area contributed by atoms with Crippen molar-refractivity contribution in [1.29, 1.82) is 0 Å². The first-order chi connectivity index (χ1) is 4.30. The SMILES string of the molecule is C/C(O)=C1/C=CC=C[CH-]1. The molecule has 0 aromatic carbocycles. The van der Waals surface area contributed by atoms with E-state index in [-0.39, 0.29) is 0 Å². The van der Waals surface area contributed by atoms with E-state index in [1.54, 1.807) is 6.92 Å². The minimum Gasteiger partial charge on any atom is -0.555 e. The van der Waals surface area contributed by atoms with E-state index in [0.717, 1.165) is 5.57 Å². The number of rotatable bonds is 0. The first-order valence-electron chi connectivity index (χ1n) is 2.88. The van der Waals surface area contributed by atoms with E-state index >= 15 is 0 Å². The van der Waals surface area contributed by atoms with Gasteiger partial charge in [-0.15, -0.1) is 36.3 Å². The molecule has 0 amide bonds. The molecule has 9 heavy (non-hydrogen) atoms.